The van der Waals surface area contributed by atoms with Gasteiger partial charge in [-0.25, -0.2) is 0 Å². The lowest BCUT2D eigenvalue weighted by atomic mass is 9.89. The van der Waals surface area contributed by atoms with Gasteiger partial charge in [0.25, 0.3) is 0 Å². The maximum Gasteiger partial charge on any atom is 0.0109 e. The van der Waals surface area contributed by atoms with Gasteiger partial charge in [0.2, 0.25) is 0 Å². The second-order valence-corrected chi connectivity index (χ2v) is 5.97. The fourth-order valence-electron chi connectivity index (χ4n) is 2.03. The first-order valence-corrected chi connectivity index (χ1v) is 6.64. The Kier molecular flexibility index (Phi) is 5.73. The normalized spacial score (nSPS) is 18.6. The summed E-state index contributed by atoms with van der Waals surface area (Å²) in [4.78, 5) is 5.01. The van der Waals surface area contributed by atoms with E-state index >= 15 is 0 Å². The first-order valence-electron chi connectivity index (χ1n) is 6.64. The van der Waals surface area contributed by atoms with E-state index in [1.54, 1.807) is 0 Å². The molecule has 0 aliphatic carbocycles. The molecule has 1 rings (SSSR count). The third-order valence-electron chi connectivity index (χ3n) is 3.72. The highest BCUT2D eigenvalue weighted by Gasteiger charge is 2.16. The Morgan fingerprint density at radius 1 is 1.19 bits per heavy atom. The van der Waals surface area contributed by atoms with Crippen LogP contribution in [0.1, 0.15) is 33.1 Å². The number of hydrogen-bond donors (Lipinski definition) is 1. The lowest BCUT2D eigenvalue weighted by molar-refractivity contribution is 0.223. The molecular weight excluding hydrogens is 198 g/mol. The zero-order valence-corrected chi connectivity index (χ0v) is 11.3. The lowest BCUT2D eigenvalue weighted by Crippen LogP contribution is -2.34. The van der Waals surface area contributed by atoms with Gasteiger partial charge in [-0.05, 0) is 57.9 Å². The van der Waals surface area contributed by atoms with Crippen LogP contribution in [0.2, 0.25) is 0 Å². The molecular formula is C13H29N3. The Bertz CT molecular complexity index is 186. The van der Waals surface area contributed by atoms with E-state index in [2.05, 4.69) is 30.7 Å². The van der Waals surface area contributed by atoms with Crippen molar-refractivity contribution in [2.45, 2.75) is 33.1 Å². The first kappa shape index (κ1) is 13.9. The van der Waals surface area contributed by atoms with Crippen molar-refractivity contribution in [2.75, 3.05) is 46.3 Å². The molecule has 3 heteroatoms. The molecule has 96 valence electrons. The molecule has 0 saturated carbocycles. The Labute approximate surface area is 101 Å². The van der Waals surface area contributed by atoms with Crippen molar-refractivity contribution in [3.05, 3.63) is 0 Å². The second-order valence-electron chi connectivity index (χ2n) is 5.97. The van der Waals surface area contributed by atoms with Crippen LogP contribution in [-0.4, -0.2) is 56.1 Å². The van der Waals surface area contributed by atoms with Crippen molar-refractivity contribution < 1.29 is 0 Å². The molecule has 0 atom stereocenters. The quantitative estimate of drug-likeness (QED) is 0.713. The van der Waals surface area contributed by atoms with Crippen LogP contribution in [0, 0.1) is 5.41 Å². The number of hydrogen-bond acceptors (Lipinski definition) is 3. The summed E-state index contributed by atoms with van der Waals surface area (Å²) in [6.45, 7) is 11.5. The van der Waals surface area contributed by atoms with Crippen LogP contribution in [0.4, 0.5) is 0 Å². The molecule has 0 aromatic carbocycles. The molecule has 1 fully saturated rings. The van der Waals surface area contributed by atoms with Gasteiger partial charge in [-0.2, -0.15) is 0 Å². The van der Waals surface area contributed by atoms with Gasteiger partial charge in [-0.3, -0.25) is 0 Å². The van der Waals surface area contributed by atoms with Crippen molar-refractivity contribution in [2.24, 2.45) is 11.1 Å². The van der Waals surface area contributed by atoms with Gasteiger partial charge >= 0.3 is 0 Å². The molecule has 0 bridgehead atoms. The minimum absolute atomic E-state index is 0.294. The van der Waals surface area contributed by atoms with E-state index in [-0.39, 0.29) is 0 Å². The predicted octanol–water partition coefficient (Wildman–Crippen LogP) is 1.39. The summed E-state index contributed by atoms with van der Waals surface area (Å²) in [6.07, 6.45) is 3.98. The summed E-state index contributed by atoms with van der Waals surface area (Å²) in [5.74, 6) is 0. The van der Waals surface area contributed by atoms with Gasteiger partial charge in [0, 0.05) is 13.1 Å². The summed E-state index contributed by atoms with van der Waals surface area (Å²) in [7, 11) is 2.22. The van der Waals surface area contributed by atoms with Crippen molar-refractivity contribution >= 4 is 0 Å². The third-order valence-corrected chi connectivity index (χ3v) is 3.72. The van der Waals surface area contributed by atoms with Crippen molar-refractivity contribution in [1.29, 1.82) is 0 Å². The Hall–Kier alpha value is -0.120. The zero-order valence-electron chi connectivity index (χ0n) is 11.3. The minimum atomic E-state index is 0.294. The van der Waals surface area contributed by atoms with Crippen LogP contribution < -0.4 is 5.73 Å². The molecule has 0 amide bonds. The average Bonchev–Trinajstić information content (AvgIpc) is 2.76. The Morgan fingerprint density at radius 2 is 1.81 bits per heavy atom. The van der Waals surface area contributed by atoms with E-state index in [0.29, 0.717) is 5.41 Å². The lowest BCUT2D eigenvalue weighted by Gasteiger charge is -2.27. The second kappa shape index (κ2) is 6.58. The largest absolute Gasteiger partial charge is 0.330 e. The monoisotopic (exact) mass is 227 g/mol. The van der Waals surface area contributed by atoms with E-state index in [0.717, 1.165) is 13.1 Å². The highest BCUT2D eigenvalue weighted by atomic mass is 15.2. The molecule has 0 radical (unpaired) electrons. The molecule has 3 nitrogen and oxygen atoms in total. The van der Waals surface area contributed by atoms with Gasteiger partial charge < -0.3 is 15.5 Å². The van der Waals surface area contributed by atoms with Gasteiger partial charge in [-0.15, -0.1) is 0 Å². The third kappa shape index (κ3) is 5.28. The van der Waals surface area contributed by atoms with E-state index in [1.165, 1.54) is 45.4 Å². The summed E-state index contributed by atoms with van der Waals surface area (Å²) < 4.78 is 0. The minimum Gasteiger partial charge on any atom is -0.330 e. The predicted molar refractivity (Wildman–Crippen MR) is 70.6 cm³/mol. The number of rotatable bonds is 7. The first-order chi connectivity index (χ1) is 7.53. The van der Waals surface area contributed by atoms with E-state index in [1.807, 2.05) is 0 Å². The number of nitrogens with zero attached hydrogens (tertiary/aromatic N) is 2. The van der Waals surface area contributed by atoms with Crippen molar-refractivity contribution in [3.8, 4) is 0 Å². The molecule has 1 heterocycles. The molecule has 0 aromatic heterocycles. The van der Waals surface area contributed by atoms with Gasteiger partial charge in [0.05, 0.1) is 0 Å². The highest BCUT2D eigenvalue weighted by molar-refractivity contribution is 4.72. The Morgan fingerprint density at radius 3 is 2.38 bits per heavy atom. The van der Waals surface area contributed by atoms with Crippen LogP contribution in [0.3, 0.4) is 0 Å². The molecule has 1 saturated heterocycles. The van der Waals surface area contributed by atoms with Gasteiger partial charge in [-0.1, -0.05) is 13.8 Å². The molecule has 0 unspecified atom stereocenters. The number of likely N-dealkylation sites (tertiary alicyclic amines) is 1. The summed E-state index contributed by atoms with van der Waals surface area (Å²) in [6, 6.07) is 0. The summed E-state index contributed by atoms with van der Waals surface area (Å²) in [5.41, 5.74) is 6.03. The topological polar surface area (TPSA) is 32.5 Å². The molecule has 16 heavy (non-hydrogen) atoms. The fraction of sp³-hybridized carbons (Fsp3) is 1.00. The molecule has 0 spiro atoms. The van der Waals surface area contributed by atoms with Crippen LogP contribution in [0.25, 0.3) is 0 Å². The maximum atomic E-state index is 5.74. The van der Waals surface area contributed by atoms with E-state index < -0.39 is 0 Å². The van der Waals surface area contributed by atoms with Crippen LogP contribution >= 0.6 is 0 Å². The molecule has 1 aliphatic rings. The van der Waals surface area contributed by atoms with Crippen LogP contribution in [0.15, 0.2) is 0 Å². The van der Waals surface area contributed by atoms with Crippen LogP contribution in [-0.2, 0) is 0 Å². The van der Waals surface area contributed by atoms with Gasteiger partial charge in [0.15, 0.2) is 0 Å². The highest BCUT2D eigenvalue weighted by Crippen LogP contribution is 2.18. The fourth-order valence-corrected chi connectivity index (χ4v) is 2.03. The van der Waals surface area contributed by atoms with Crippen LogP contribution in [0.5, 0.6) is 0 Å². The zero-order chi connectivity index (χ0) is 12.0. The van der Waals surface area contributed by atoms with E-state index in [4.69, 9.17) is 5.73 Å². The smallest absolute Gasteiger partial charge is 0.0109 e. The summed E-state index contributed by atoms with van der Waals surface area (Å²) >= 11 is 0. The van der Waals surface area contributed by atoms with Gasteiger partial charge in [0.1, 0.15) is 0 Å². The molecule has 0 aromatic rings. The SMILES string of the molecule is CN(CCN1CCCC1)CCC(C)(C)CN. The van der Waals surface area contributed by atoms with Crippen molar-refractivity contribution in [3.63, 3.8) is 0 Å². The number of nitrogens with two attached hydrogens (primary N) is 1. The Balaban J connectivity index is 2.08. The summed E-state index contributed by atoms with van der Waals surface area (Å²) in [5, 5.41) is 0. The maximum absolute atomic E-state index is 5.74. The number of likely N-dealkylation sites (N-methyl/N-ethyl adjacent to an activating group) is 1. The standard InChI is InChI=1S/C13H29N3/c1-13(2,12-14)6-9-15(3)10-11-16-7-4-5-8-16/h4-12,14H2,1-3H3. The average molecular weight is 227 g/mol. The van der Waals surface area contributed by atoms with E-state index in [9.17, 15) is 0 Å². The van der Waals surface area contributed by atoms with Crippen molar-refractivity contribution in [1.82, 2.24) is 9.80 Å². The molecule has 2 N–H and O–H groups in total. The molecule has 1 aliphatic heterocycles.